The highest BCUT2D eigenvalue weighted by Gasteiger charge is 2.35. The molecule has 0 saturated carbocycles. The van der Waals surface area contributed by atoms with Crippen LogP contribution in [0.2, 0.25) is 0 Å². The fourth-order valence-corrected chi connectivity index (χ4v) is 1.17. The Morgan fingerprint density at radius 2 is 2.00 bits per heavy atom. The molecule has 0 aliphatic carbocycles. The van der Waals surface area contributed by atoms with Gasteiger partial charge in [0.15, 0.2) is 0 Å². The van der Waals surface area contributed by atoms with Crippen molar-refractivity contribution in [3.8, 4) is 5.75 Å². The number of halogens is 5. The molecule has 0 bridgehead atoms. The molecule has 1 unspecified atom stereocenters. The topological polar surface area (TPSA) is 35.5 Å². The van der Waals surface area contributed by atoms with E-state index in [2.05, 4.69) is 9.47 Å². The van der Waals surface area contributed by atoms with E-state index < -0.39 is 35.6 Å². The van der Waals surface area contributed by atoms with Crippen LogP contribution in [0.1, 0.15) is 12.5 Å². The highest BCUT2D eigenvalue weighted by atomic mass is 19.4. The summed E-state index contributed by atoms with van der Waals surface area (Å²) in [4.78, 5) is 10.9. The monoisotopic (exact) mass is 284 g/mol. The molecule has 106 valence electrons. The van der Waals surface area contributed by atoms with E-state index in [1.54, 1.807) is 0 Å². The van der Waals surface area contributed by atoms with Crippen LogP contribution in [0.5, 0.6) is 5.75 Å². The number of alkyl halides is 4. The van der Waals surface area contributed by atoms with E-state index in [1.165, 1.54) is 6.92 Å². The van der Waals surface area contributed by atoms with Crippen molar-refractivity contribution in [1.82, 2.24) is 0 Å². The Morgan fingerprint density at radius 1 is 1.37 bits per heavy atom. The standard InChI is InChI=1S/C11H9F5O3/c1-2-18-10(17)9(13)19-6-3-4-8(12)7(5-6)11(14,15)16/h3-5,9H,2H2,1H3. The second-order valence-corrected chi connectivity index (χ2v) is 3.33. The predicted molar refractivity (Wildman–Crippen MR) is 53.6 cm³/mol. The first kappa shape index (κ1) is 15.2. The maximum Gasteiger partial charge on any atom is 0.419 e. The zero-order valence-electron chi connectivity index (χ0n) is 9.63. The van der Waals surface area contributed by atoms with Crippen LogP contribution < -0.4 is 4.74 Å². The van der Waals surface area contributed by atoms with E-state index in [0.29, 0.717) is 6.07 Å². The van der Waals surface area contributed by atoms with Gasteiger partial charge < -0.3 is 9.47 Å². The highest BCUT2D eigenvalue weighted by molar-refractivity contribution is 5.73. The summed E-state index contributed by atoms with van der Waals surface area (Å²) in [6.07, 6.45) is -7.52. The van der Waals surface area contributed by atoms with Crippen molar-refractivity contribution in [2.45, 2.75) is 19.5 Å². The van der Waals surface area contributed by atoms with E-state index in [-0.39, 0.29) is 12.7 Å². The Morgan fingerprint density at radius 3 is 2.53 bits per heavy atom. The molecule has 0 spiro atoms. The Balaban J connectivity index is 2.89. The average molecular weight is 284 g/mol. The van der Waals surface area contributed by atoms with Gasteiger partial charge in [0, 0.05) is 0 Å². The number of hydrogen-bond donors (Lipinski definition) is 0. The second kappa shape index (κ2) is 5.85. The molecule has 0 fully saturated rings. The molecule has 8 heteroatoms. The summed E-state index contributed by atoms with van der Waals surface area (Å²) in [5.41, 5.74) is -1.61. The fraction of sp³-hybridized carbons (Fsp3) is 0.364. The molecule has 1 atom stereocenters. The lowest BCUT2D eigenvalue weighted by atomic mass is 10.2. The minimum absolute atomic E-state index is 0.111. The Hall–Kier alpha value is -1.86. The van der Waals surface area contributed by atoms with Crippen molar-refractivity contribution in [1.29, 1.82) is 0 Å². The Kier molecular flexibility index (Phi) is 4.68. The molecule has 1 rings (SSSR count). The van der Waals surface area contributed by atoms with Crippen molar-refractivity contribution in [2.75, 3.05) is 6.61 Å². The van der Waals surface area contributed by atoms with E-state index in [9.17, 15) is 26.7 Å². The van der Waals surface area contributed by atoms with Crippen LogP contribution in [0, 0.1) is 5.82 Å². The number of esters is 1. The van der Waals surface area contributed by atoms with Crippen LogP contribution in [0.3, 0.4) is 0 Å². The molecule has 0 saturated heterocycles. The minimum atomic E-state index is -4.95. The second-order valence-electron chi connectivity index (χ2n) is 3.33. The lowest BCUT2D eigenvalue weighted by molar-refractivity contribution is -0.159. The van der Waals surface area contributed by atoms with Crippen molar-refractivity contribution in [3.05, 3.63) is 29.6 Å². The first-order valence-electron chi connectivity index (χ1n) is 5.09. The first-order valence-corrected chi connectivity index (χ1v) is 5.09. The van der Waals surface area contributed by atoms with Gasteiger partial charge in [-0.1, -0.05) is 0 Å². The van der Waals surface area contributed by atoms with Crippen LogP contribution in [0.25, 0.3) is 0 Å². The lowest BCUT2D eigenvalue weighted by Gasteiger charge is -2.13. The maximum absolute atomic E-state index is 13.1. The third kappa shape index (κ3) is 4.08. The van der Waals surface area contributed by atoms with Gasteiger partial charge in [0.05, 0.1) is 12.2 Å². The molecular formula is C11H9F5O3. The maximum atomic E-state index is 13.1. The van der Waals surface area contributed by atoms with Crippen molar-refractivity contribution >= 4 is 5.97 Å². The summed E-state index contributed by atoms with van der Waals surface area (Å²) in [6, 6.07) is 1.51. The quantitative estimate of drug-likeness (QED) is 0.629. The number of carbonyl (C=O) groups is 1. The Bertz CT molecular complexity index is 458. The molecule has 3 nitrogen and oxygen atoms in total. The smallest absolute Gasteiger partial charge is 0.419 e. The molecule has 0 N–H and O–H groups in total. The van der Waals surface area contributed by atoms with Gasteiger partial charge in [0.2, 0.25) is 0 Å². The summed E-state index contributed by atoms with van der Waals surface area (Å²) < 4.78 is 71.7. The highest BCUT2D eigenvalue weighted by Crippen LogP contribution is 2.33. The molecule has 0 aliphatic rings. The van der Waals surface area contributed by atoms with Gasteiger partial charge >= 0.3 is 18.5 Å². The summed E-state index contributed by atoms with van der Waals surface area (Å²) in [7, 11) is 0. The molecule has 0 radical (unpaired) electrons. The van der Waals surface area contributed by atoms with Gasteiger partial charge in [-0.2, -0.15) is 17.6 Å². The summed E-state index contributed by atoms with van der Waals surface area (Å²) in [5, 5.41) is 0. The molecule has 0 aromatic heterocycles. The third-order valence-electron chi connectivity index (χ3n) is 1.95. The van der Waals surface area contributed by atoms with Gasteiger partial charge in [-0.25, -0.2) is 9.18 Å². The molecule has 1 aromatic rings. The van der Waals surface area contributed by atoms with E-state index in [0.717, 1.165) is 6.07 Å². The van der Waals surface area contributed by atoms with Gasteiger partial charge in [-0.15, -0.1) is 0 Å². The van der Waals surface area contributed by atoms with Crippen LogP contribution in [0.4, 0.5) is 22.0 Å². The molecule has 0 amide bonds. The predicted octanol–water partition coefficient (Wildman–Crippen LogP) is 3.08. The summed E-state index contributed by atoms with van der Waals surface area (Å²) >= 11 is 0. The largest absolute Gasteiger partial charge is 0.461 e. The Labute approximate surface area is 104 Å². The van der Waals surface area contributed by atoms with E-state index in [4.69, 9.17) is 0 Å². The fourth-order valence-electron chi connectivity index (χ4n) is 1.17. The molecule has 0 aliphatic heterocycles. The van der Waals surface area contributed by atoms with E-state index in [1.807, 2.05) is 0 Å². The van der Waals surface area contributed by atoms with Gasteiger partial charge in [-0.05, 0) is 25.1 Å². The molecular weight excluding hydrogens is 275 g/mol. The molecule has 0 heterocycles. The lowest BCUT2D eigenvalue weighted by Crippen LogP contribution is -2.25. The normalized spacial score (nSPS) is 12.9. The van der Waals surface area contributed by atoms with Gasteiger partial charge in [0.1, 0.15) is 11.6 Å². The zero-order valence-corrected chi connectivity index (χ0v) is 9.63. The molecule has 1 aromatic carbocycles. The van der Waals surface area contributed by atoms with Crippen LogP contribution in [0.15, 0.2) is 18.2 Å². The van der Waals surface area contributed by atoms with Crippen molar-refractivity contribution in [2.24, 2.45) is 0 Å². The van der Waals surface area contributed by atoms with Crippen molar-refractivity contribution < 1.29 is 36.2 Å². The number of ether oxygens (including phenoxy) is 2. The van der Waals surface area contributed by atoms with E-state index >= 15 is 0 Å². The van der Waals surface area contributed by atoms with Crippen LogP contribution >= 0.6 is 0 Å². The first-order chi connectivity index (χ1) is 8.75. The number of hydrogen-bond acceptors (Lipinski definition) is 3. The van der Waals surface area contributed by atoms with Crippen LogP contribution in [-0.2, 0) is 15.7 Å². The number of carbonyl (C=O) groups excluding carboxylic acids is 1. The minimum Gasteiger partial charge on any atom is -0.461 e. The summed E-state index contributed by atoms with van der Waals surface area (Å²) in [6.45, 7) is 1.31. The average Bonchev–Trinajstić information content (AvgIpc) is 2.30. The number of benzene rings is 1. The van der Waals surface area contributed by atoms with Crippen LogP contribution in [-0.4, -0.2) is 18.9 Å². The SMILES string of the molecule is CCOC(=O)C(F)Oc1ccc(F)c(C(F)(F)F)c1. The van der Waals surface area contributed by atoms with Gasteiger partial charge in [-0.3, -0.25) is 0 Å². The molecule has 19 heavy (non-hydrogen) atoms. The van der Waals surface area contributed by atoms with Gasteiger partial charge in [0.25, 0.3) is 0 Å². The third-order valence-corrected chi connectivity index (χ3v) is 1.95. The van der Waals surface area contributed by atoms with Crippen molar-refractivity contribution in [3.63, 3.8) is 0 Å². The zero-order chi connectivity index (χ0) is 14.6. The number of rotatable bonds is 4. The summed E-state index contributed by atoms with van der Waals surface area (Å²) in [5.74, 6) is -3.53.